The Morgan fingerprint density at radius 3 is 2.60 bits per heavy atom. The lowest BCUT2D eigenvalue weighted by atomic mass is 10.1. The molecule has 0 radical (unpaired) electrons. The van der Waals surface area contributed by atoms with Crippen LogP contribution in [-0.2, 0) is 11.2 Å². The number of rotatable bonds is 7. The van der Waals surface area contributed by atoms with Gasteiger partial charge in [-0.2, -0.15) is 5.10 Å². The smallest absolute Gasteiger partial charge is 0.243 e. The molecule has 1 aromatic heterocycles. The van der Waals surface area contributed by atoms with Crippen LogP contribution < -0.4 is 10.6 Å². The zero-order valence-electron chi connectivity index (χ0n) is 15.1. The first-order valence-electron chi connectivity index (χ1n) is 8.41. The predicted octanol–water partition coefficient (Wildman–Crippen LogP) is 1.06. The Hall–Kier alpha value is -2.83. The van der Waals surface area contributed by atoms with Gasteiger partial charge in [-0.05, 0) is 37.1 Å². The van der Waals surface area contributed by atoms with E-state index < -0.39 is 0 Å². The van der Waals surface area contributed by atoms with Gasteiger partial charge in [0.1, 0.15) is 6.54 Å². The fraction of sp³-hybridized carbons (Fsp3) is 0.389. The molecule has 25 heavy (non-hydrogen) atoms. The highest BCUT2D eigenvalue weighted by atomic mass is 16.2. The standard InChI is InChI=1S/C18H26N6O/c1-4-19-18(21-14-17(25)23(2)3)20-12-10-15-6-8-16(9-7-15)24-13-5-11-22-24/h5-9,11,13H,4,10,12,14H2,1-3H3,(H2,19,20,21). The number of benzene rings is 1. The Morgan fingerprint density at radius 2 is 2.00 bits per heavy atom. The van der Waals surface area contributed by atoms with Gasteiger partial charge in [-0.25, -0.2) is 9.67 Å². The summed E-state index contributed by atoms with van der Waals surface area (Å²) in [7, 11) is 3.45. The van der Waals surface area contributed by atoms with E-state index in [1.165, 1.54) is 10.5 Å². The van der Waals surface area contributed by atoms with Gasteiger partial charge in [0.05, 0.1) is 5.69 Å². The fourth-order valence-corrected chi connectivity index (χ4v) is 2.19. The first-order valence-corrected chi connectivity index (χ1v) is 8.41. The van der Waals surface area contributed by atoms with Crippen molar-refractivity contribution < 1.29 is 4.79 Å². The third-order valence-corrected chi connectivity index (χ3v) is 3.63. The van der Waals surface area contributed by atoms with Crippen LogP contribution in [0.4, 0.5) is 0 Å². The van der Waals surface area contributed by atoms with Crippen molar-refractivity contribution in [2.45, 2.75) is 13.3 Å². The molecule has 2 aromatic rings. The molecule has 0 spiro atoms. The van der Waals surface area contributed by atoms with Gasteiger partial charge in [0, 0.05) is 39.6 Å². The molecule has 0 saturated carbocycles. The van der Waals surface area contributed by atoms with Crippen LogP contribution in [0.3, 0.4) is 0 Å². The quantitative estimate of drug-likeness (QED) is 0.583. The average molecular weight is 342 g/mol. The molecule has 1 amide bonds. The lowest BCUT2D eigenvalue weighted by molar-refractivity contribution is -0.127. The van der Waals surface area contributed by atoms with Crippen molar-refractivity contribution in [2.24, 2.45) is 4.99 Å². The van der Waals surface area contributed by atoms with Gasteiger partial charge >= 0.3 is 0 Å². The molecule has 1 heterocycles. The van der Waals surface area contributed by atoms with Gasteiger partial charge < -0.3 is 15.5 Å². The number of hydrogen-bond donors (Lipinski definition) is 2. The number of likely N-dealkylation sites (N-methyl/N-ethyl adjacent to an activating group) is 1. The second-order valence-electron chi connectivity index (χ2n) is 5.78. The number of amides is 1. The van der Waals surface area contributed by atoms with Crippen LogP contribution in [0.25, 0.3) is 5.69 Å². The number of nitrogens with zero attached hydrogens (tertiary/aromatic N) is 4. The van der Waals surface area contributed by atoms with Crippen LogP contribution in [0.1, 0.15) is 12.5 Å². The van der Waals surface area contributed by atoms with Gasteiger partial charge in [0.25, 0.3) is 0 Å². The molecule has 0 aliphatic heterocycles. The summed E-state index contributed by atoms with van der Waals surface area (Å²) in [6.45, 7) is 3.63. The monoisotopic (exact) mass is 342 g/mol. The maximum Gasteiger partial charge on any atom is 0.243 e. The first-order chi connectivity index (χ1) is 12.1. The third-order valence-electron chi connectivity index (χ3n) is 3.63. The van der Waals surface area contributed by atoms with Crippen LogP contribution in [0.5, 0.6) is 0 Å². The Kier molecular flexibility index (Phi) is 7.00. The summed E-state index contributed by atoms with van der Waals surface area (Å²) in [6.07, 6.45) is 4.55. The third kappa shape index (κ3) is 5.95. The van der Waals surface area contributed by atoms with E-state index in [2.05, 4.69) is 45.0 Å². The summed E-state index contributed by atoms with van der Waals surface area (Å²) >= 11 is 0. The molecule has 2 rings (SSSR count). The van der Waals surface area contributed by atoms with E-state index in [1.807, 2.05) is 23.9 Å². The average Bonchev–Trinajstić information content (AvgIpc) is 3.14. The highest BCUT2D eigenvalue weighted by Crippen LogP contribution is 2.08. The molecular weight excluding hydrogens is 316 g/mol. The Bertz CT molecular complexity index is 676. The van der Waals surface area contributed by atoms with Gasteiger partial charge in [0.2, 0.25) is 5.91 Å². The van der Waals surface area contributed by atoms with E-state index in [1.54, 1.807) is 20.3 Å². The molecule has 2 N–H and O–H groups in total. The van der Waals surface area contributed by atoms with Crippen molar-refractivity contribution in [2.75, 3.05) is 33.7 Å². The maximum atomic E-state index is 11.6. The molecule has 1 aromatic carbocycles. The lowest BCUT2D eigenvalue weighted by Gasteiger charge is -2.13. The molecule has 0 aliphatic carbocycles. The van der Waals surface area contributed by atoms with Gasteiger partial charge in [0.15, 0.2) is 5.96 Å². The van der Waals surface area contributed by atoms with E-state index in [0.29, 0.717) is 5.96 Å². The molecule has 0 saturated heterocycles. The van der Waals surface area contributed by atoms with Crippen molar-refractivity contribution in [1.82, 2.24) is 25.3 Å². The van der Waals surface area contributed by atoms with Gasteiger partial charge in [-0.3, -0.25) is 4.79 Å². The molecule has 0 atom stereocenters. The van der Waals surface area contributed by atoms with Gasteiger partial charge in [-0.15, -0.1) is 0 Å². The maximum absolute atomic E-state index is 11.6. The molecule has 0 unspecified atom stereocenters. The minimum atomic E-state index is -0.0218. The number of carbonyl (C=O) groups is 1. The van der Waals surface area contributed by atoms with Crippen LogP contribution in [0.15, 0.2) is 47.7 Å². The highest BCUT2D eigenvalue weighted by Gasteiger charge is 2.04. The minimum absolute atomic E-state index is 0.0218. The second kappa shape index (κ2) is 9.46. The molecule has 7 nitrogen and oxygen atoms in total. The highest BCUT2D eigenvalue weighted by molar-refractivity contribution is 5.84. The Balaban J connectivity index is 1.84. The number of hydrogen-bond acceptors (Lipinski definition) is 3. The van der Waals surface area contributed by atoms with E-state index in [4.69, 9.17) is 0 Å². The fourth-order valence-electron chi connectivity index (χ4n) is 2.19. The number of aromatic nitrogens is 2. The molecule has 0 fully saturated rings. The second-order valence-corrected chi connectivity index (χ2v) is 5.78. The van der Waals surface area contributed by atoms with E-state index in [0.717, 1.165) is 25.2 Å². The number of guanidine groups is 1. The van der Waals surface area contributed by atoms with Crippen molar-refractivity contribution in [3.8, 4) is 5.69 Å². The zero-order chi connectivity index (χ0) is 18.1. The topological polar surface area (TPSA) is 74.6 Å². The van der Waals surface area contributed by atoms with Crippen LogP contribution in [-0.4, -0.2) is 60.3 Å². The SMILES string of the molecule is CCNC(=NCC(=O)N(C)C)NCCc1ccc(-n2cccn2)cc1. The van der Waals surface area contributed by atoms with E-state index >= 15 is 0 Å². The van der Waals surface area contributed by atoms with Crippen LogP contribution in [0.2, 0.25) is 0 Å². The van der Waals surface area contributed by atoms with Gasteiger partial charge in [-0.1, -0.05) is 12.1 Å². The molecule has 0 bridgehead atoms. The van der Waals surface area contributed by atoms with Crippen molar-refractivity contribution in [3.05, 3.63) is 48.3 Å². The normalized spacial score (nSPS) is 11.2. The summed E-state index contributed by atoms with van der Waals surface area (Å²) in [6, 6.07) is 10.2. The van der Waals surface area contributed by atoms with Crippen molar-refractivity contribution in [3.63, 3.8) is 0 Å². The Morgan fingerprint density at radius 1 is 1.24 bits per heavy atom. The number of carbonyl (C=O) groups excluding carboxylic acids is 1. The largest absolute Gasteiger partial charge is 0.357 e. The molecule has 7 heteroatoms. The summed E-state index contributed by atoms with van der Waals surface area (Å²) in [5.41, 5.74) is 2.27. The van der Waals surface area contributed by atoms with E-state index in [-0.39, 0.29) is 12.5 Å². The zero-order valence-corrected chi connectivity index (χ0v) is 15.1. The first kappa shape index (κ1) is 18.5. The number of nitrogens with one attached hydrogen (secondary N) is 2. The van der Waals surface area contributed by atoms with E-state index in [9.17, 15) is 4.79 Å². The molecule has 134 valence electrons. The van der Waals surface area contributed by atoms with Crippen LogP contribution in [0, 0.1) is 0 Å². The lowest BCUT2D eigenvalue weighted by Crippen LogP contribution is -2.39. The predicted molar refractivity (Wildman–Crippen MR) is 99.9 cm³/mol. The van der Waals surface area contributed by atoms with Crippen molar-refractivity contribution >= 4 is 11.9 Å². The summed E-state index contributed by atoms with van der Waals surface area (Å²) in [4.78, 5) is 17.5. The minimum Gasteiger partial charge on any atom is -0.357 e. The number of aliphatic imine (C=N–C) groups is 1. The summed E-state index contributed by atoms with van der Waals surface area (Å²) in [5.74, 6) is 0.636. The Labute approximate surface area is 148 Å². The van der Waals surface area contributed by atoms with Crippen molar-refractivity contribution in [1.29, 1.82) is 0 Å². The molecular formula is C18H26N6O. The van der Waals surface area contributed by atoms with Crippen LogP contribution >= 0.6 is 0 Å². The molecule has 0 aliphatic rings. The summed E-state index contributed by atoms with van der Waals surface area (Å²) in [5, 5.41) is 10.6. The summed E-state index contributed by atoms with van der Waals surface area (Å²) < 4.78 is 1.83.